The van der Waals surface area contributed by atoms with E-state index in [0.717, 1.165) is 11.4 Å². The van der Waals surface area contributed by atoms with E-state index in [1.54, 1.807) is 4.68 Å². The van der Waals surface area contributed by atoms with Crippen molar-refractivity contribution in [2.24, 2.45) is 0 Å². The molecule has 0 spiro atoms. The molecule has 0 saturated carbocycles. The molecule has 1 aromatic carbocycles. The van der Waals surface area contributed by atoms with E-state index in [4.69, 9.17) is 4.74 Å². The van der Waals surface area contributed by atoms with Crippen LogP contribution in [-0.2, 0) is 4.74 Å². The van der Waals surface area contributed by atoms with Gasteiger partial charge in [0.25, 0.3) is 0 Å². The average molecular weight is 259 g/mol. The zero-order valence-electron chi connectivity index (χ0n) is 11.5. The molecule has 0 bridgehead atoms. The van der Waals surface area contributed by atoms with Gasteiger partial charge in [-0.3, -0.25) is 0 Å². The van der Waals surface area contributed by atoms with Gasteiger partial charge in [-0.15, -0.1) is 5.10 Å². The van der Waals surface area contributed by atoms with Crippen LogP contribution in [0.25, 0.3) is 5.69 Å². The highest BCUT2D eigenvalue weighted by molar-refractivity contribution is 5.88. The van der Waals surface area contributed by atoms with E-state index in [-0.39, 0.29) is 11.6 Å². The number of ether oxygens (including phenoxy) is 1. The smallest absolute Gasteiger partial charge is 0.360 e. The van der Waals surface area contributed by atoms with Gasteiger partial charge in [0.15, 0.2) is 5.69 Å². The van der Waals surface area contributed by atoms with Crippen molar-refractivity contribution in [1.29, 1.82) is 0 Å². The predicted octanol–water partition coefficient (Wildman–Crippen LogP) is 2.49. The summed E-state index contributed by atoms with van der Waals surface area (Å²) in [5, 5.41) is 8.02. The van der Waals surface area contributed by atoms with Gasteiger partial charge < -0.3 is 4.74 Å². The molecule has 0 aliphatic heterocycles. The zero-order valence-corrected chi connectivity index (χ0v) is 11.5. The summed E-state index contributed by atoms with van der Waals surface area (Å²) >= 11 is 0. The number of nitrogens with zero attached hydrogens (tertiary/aromatic N) is 3. The Balaban J connectivity index is 2.55. The number of methoxy groups -OCH3 is 1. The van der Waals surface area contributed by atoms with Crippen LogP contribution in [-0.4, -0.2) is 28.1 Å². The van der Waals surface area contributed by atoms with E-state index in [1.165, 1.54) is 12.7 Å². The van der Waals surface area contributed by atoms with E-state index in [1.807, 2.05) is 45.0 Å². The van der Waals surface area contributed by atoms with Crippen LogP contribution in [0.4, 0.5) is 0 Å². The number of rotatable bonds is 3. The number of carbonyl (C=O) groups is 1. The van der Waals surface area contributed by atoms with Crippen molar-refractivity contribution in [3.8, 4) is 5.69 Å². The van der Waals surface area contributed by atoms with Crippen molar-refractivity contribution in [3.63, 3.8) is 0 Å². The van der Waals surface area contributed by atoms with Crippen LogP contribution >= 0.6 is 0 Å². The van der Waals surface area contributed by atoms with Crippen molar-refractivity contribution in [3.05, 3.63) is 41.2 Å². The first-order chi connectivity index (χ1) is 9.04. The Labute approximate surface area is 112 Å². The van der Waals surface area contributed by atoms with Gasteiger partial charge in [-0.25, -0.2) is 9.48 Å². The van der Waals surface area contributed by atoms with Gasteiger partial charge in [0, 0.05) is 0 Å². The Hall–Kier alpha value is -2.17. The summed E-state index contributed by atoms with van der Waals surface area (Å²) in [6, 6.07) is 7.91. The van der Waals surface area contributed by atoms with Gasteiger partial charge in [-0.2, -0.15) is 0 Å². The standard InChI is InChI=1S/C14H17N3O2/c1-9(2)13-12(14(18)19-4)15-16-17(13)11-7-5-10(3)6-8-11/h5-9H,1-4H3. The SMILES string of the molecule is COC(=O)c1nnn(-c2ccc(C)cc2)c1C(C)C. The average Bonchev–Trinajstić information content (AvgIpc) is 2.83. The fourth-order valence-corrected chi connectivity index (χ4v) is 1.93. The number of aryl methyl sites for hydroxylation is 1. The normalized spacial score (nSPS) is 10.8. The first-order valence-electron chi connectivity index (χ1n) is 6.15. The number of hydrogen-bond donors (Lipinski definition) is 0. The number of esters is 1. The maximum atomic E-state index is 11.7. The molecular weight excluding hydrogens is 242 g/mol. The summed E-state index contributed by atoms with van der Waals surface area (Å²) in [5.74, 6) is -0.340. The molecule has 0 aliphatic rings. The molecule has 0 unspecified atom stereocenters. The van der Waals surface area contributed by atoms with Crippen LogP contribution in [0.15, 0.2) is 24.3 Å². The lowest BCUT2D eigenvalue weighted by molar-refractivity contribution is 0.0592. The van der Waals surface area contributed by atoms with Crippen LogP contribution in [0.2, 0.25) is 0 Å². The predicted molar refractivity (Wildman–Crippen MR) is 71.5 cm³/mol. The second-order valence-electron chi connectivity index (χ2n) is 4.72. The highest BCUT2D eigenvalue weighted by Crippen LogP contribution is 2.22. The third-order valence-corrected chi connectivity index (χ3v) is 2.91. The number of carbonyl (C=O) groups excluding carboxylic acids is 1. The summed E-state index contributed by atoms with van der Waals surface area (Å²) in [5.41, 5.74) is 3.09. The molecule has 0 aliphatic carbocycles. The van der Waals surface area contributed by atoms with Crippen LogP contribution in [0, 0.1) is 6.92 Å². The first kappa shape index (κ1) is 13.3. The summed E-state index contributed by atoms with van der Waals surface area (Å²) < 4.78 is 6.43. The number of aromatic nitrogens is 3. The Bertz CT molecular complexity index is 585. The first-order valence-corrected chi connectivity index (χ1v) is 6.15. The van der Waals surface area contributed by atoms with Gasteiger partial charge in [-0.1, -0.05) is 36.8 Å². The van der Waals surface area contributed by atoms with Gasteiger partial charge in [0.1, 0.15) is 0 Å². The monoisotopic (exact) mass is 259 g/mol. The molecule has 5 heteroatoms. The van der Waals surface area contributed by atoms with E-state index < -0.39 is 5.97 Å². The summed E-state index contributed by atoms with van der Waals surface area (Å²) in [6.45, 7) is 6.01. The van der Waals surface area contributed by atoms with Gasteiger partial charge in [-0.05, 0) is 25.0 Å². The molecule has 0 fully saturated rings. The Morgan fingerprint density at radius 3 is 2.42 bits per heavy atom. The fraction of sp³-hybridized carbons (Fsp3) is 0.357. The van der Waals surface area contributed by atoms with Crippen LogP contribution < -0.4 is 0 Å². The second kappa shape index (κ2) is 5.22. The van der Waals surface area contributed by atoms with E-state index in [2.05, 4.69) is 10.3 Å². The Kier molecular flexibility index (Phi) is 3.64. The molecule has 1 heterocycles. The van der Waals surface area contributed by atoms with Gasteiger partial charge in [0.2, 0.25) is 0 Å². The largest absolute Gasteiger partial charge is 0.464 e. The Morgan fingerprint density at radius 1 is 1.26 bits per heavy atom. The minimum Gasteiger partial charge on any atom is -0.464 e. The molecule has 2 aromatic rings. The van der Waals surface area contributed by atoms with Gasteiger partial charge in [0.05, 0.1) is 18.5 Å². The molecule has 1 aromatic heterocycles. The van der Waals surface area contributed by atoms with Gasteiger partial charge >= 0.3 is 5.97 Å². The lowest BCUT2D eigenvalue weighted by Gasteiger charge is -2.10. The summed E-state index contributed by atoms with van der Waals surface area (Å²) in [4.78, 5) is 11.7. The van der Waals surface area contributed by atoms with E-state index >= 15 is 0 Å². The molecule has 0 amide bonds. The lowest BCUT2D eigenvalue weighted by Crippen LogP contribution is -2.10. The third-order valence-electron chi connectivity index (χ3n) is 2.91. The maximum absolute atomic E-state index is 11.7. The molecule has 0 N–H and O–H groups in total. The Morgan fingerprint density at radius 2 is 1.89 bits per heavy atom. The molecule has 0 radical (unpaired) electrons. The van der Waals surface area contributed by atoms with Crippen molar-refractivity contribution in [1.82, 2.24) is 15.0 Å². The molecule has 0 saturated heterocycles. The second-order valence-corrected chi connectivity index (χ2v) is 4.72. The van der Waals surface area contributed by atoms with Crippen molar-refractivity contribution in [2.75, 3.05) is 7.11 Å². The summed E-state index contributed by atoms with van der Waals surface area (Å²) in [6.07, 6.45) is 0. The fourth-order valence-electron chi connectivity index (χ4n) is 1.93. The van der Waals surface area contributed by atoms with Crippen molar-refractivity contribution < 1.29 is 9.53 Å². The number of benzene rings is 1. The molecular formula is C14H17N3O2. The summed E-state index contributed by atoms with van der Waals surface area (Å²) in [7, 11) is 1.34. The van der Waals surface area contributed by atoms with Crippen molar-refractivity contribution >= 4 is 5.97 Å². The lowest BCUT2D eigenvalue weighted by atomic mass is 10.1. The molecule has 100 valence electrons. The van der Waals surface area contributed by atoms with Crippen molar-refractivity contribution in [2.45, 2.75) is 26.7 Å². The minimum atomic E-state index is -0.456. The van der Waals surface area contributed by atoms with Crippen LogP contribution in [0.5, 0.6) is 0 Å². The van der Waals surface area contributed by atoms with Crippen LogP contribution in [0.1, 0.15) is 41.5 Å². The third kappa shape index (κ3) is 2.50. The molecule has 5 nitrogen and oxygen atoms in total. The van der Waals surface area contributed by atoms with E-state index in [9.17, 15) is 4.79 Å². The molecule has 0 atom stereocenters. The molecule has 19 heavy (non-hydrogen) atoms. The highest BCUT2D eigenvalue weighted by atomic mass is 16.5. The maximum Gasteiger partial charge on any atom is 0.360 e. The highest BCUT2D eigenvalue weighted by Gasteiger charge is 2.23. The minimum absolute atomic E-state index is 0.116. The molecule has 2 rings (SSSR count). The quantitative estimate of drug-likeness (QED) is 0.795. The van der Waals surface area contributed by atoms with Crippen LogP contribution in [0.3, 0.4) is 0 Å². The topological polar surface area (TPSA) is 57.0 Å². The number of hydrogen-bond acceptors (Lipinski definition) is 4. The zero-order chi connectivity index (χ0) is 14.0. The van der Waals surface area contributed by atoms with E-state index in [0.29, 0.717) is 0 Å².